The summed E-state index contributed by atoms with van der Waals surface area (Å²) in [5.74, 6) is 1.40. The molecule has 3 aromatic carbocycles. The lowest BCUT2D eigenvalue weighted by molar-refractivity contribution is 0.414. The van der Waals surface area contributed by atoms with Crippen LogP contribution in [0, 0.1) is 0 Å². The lowest BCUT2D eigenvalue weighted by Crippen LogP contribution is -1.82. The Morgan fingerprint density at radius 2 is 1.48 bits per heavy atom. The summed E-state index contributed by atoms with van der Waals surface area (Å²) in [5.41, 5.74) is 4.90. The Balaban J connectivity index is 1.55. The second-order valence-corrected chi connectivity index (χ2v) is 6.13. The second-order valence-electron chi connectivity index (χ2n) is 6.13. The van der Waals surface area contributed by atoms with E-state index in [1.165, 1.54) is 5.56 Å². The molecule has 0 radical (unpaired) electrons. The molecule has 0 fully saturated rings. The third-order valence-corrected chi connectivity index (χ3v) is 4.21. The summed E-state index contributed by atoms with van der Waals surface area (Å²) in [4.78, 5) is 4.57. The molecule has 4 aromatic rings. The zero-order chi connectivity index (χ0) is 18.5. The predicted octanol–water partition coefficient (Wildman–Crippen LogP) is 6.18. The minimum atomic E-state index is 0.581. The predicted molar refractivity (Wildman–Crippen MR) is 111 cm³/mol. The number of oxazole rings is 1. The van der Waals surface area contributed by atoms with E-state index in [4.69, 9.17) is 9.15 Å². The summed E-state index contributed by atoms with van der Waals surface area (Å²) >= 11 is 0. The van der Waals surface area contributed by atoms with Gasteiger partial charge in [-0.1, -0.05) is 60.7 Å². The van der Waals surface area contributed by atoms with Gasteiger partial charge in [0.1, 0.15) is 11.3 Å². The molecule has 0 atom stereocenters. The van der Waals surface area contributed by atoms with Crippen LogP contribution in [0.4, 0.5) is 0 Å². The molecule has 0 saturated carbocycles. The molecule has 0 aliphatic carbocycles. The molecule has 1 heterocycles. The van der Waals surface area contributed by atoms with E-state index in [-0.39, 0.29) is 0 Å². The summed E-state index contributed by atoms with van der Waals surface area (Å²) in [5, 5.41) is 0. The molecular weight excluding hydrogens is 334 g/mol. The Morgan fingerprint density at radius 3 is 2.33 bits per heavy atom. The molecule has 132 valence electrons. The fraction of sp³-hybridized carbons (Fsp3) is 0.0417. The maximum atomic E-state index is 5.81. The number of ether oxygens (including phenoxy) is 1. The van der Waals surface area contributed by atoms with Gasteiger partial charge in [0.15, 0.2) is 5.58 Å². The van der Waals surface area contributed by atoms with Crippen LogP contribution in [-0.2, 0) is 0 Å². The first-order valence-electron chi connectivity index (χ1n) is 8.76. The number of aromatic nitrogens is 1. The van der Waals surface area contributed by atoms with Crippen molar-refractivity contribution in [3.05, 3.63) is 95.4 Å². The molecule has 0 aliphatic rings. The third-order valence-electron chi connectivity index (χ3n) is 4.21. The molecule has 3 heteroatoms. The molecule has 3 nitrogen and oxygen atoms in total. The molecule has 27 heavy (non-hydrogen) atoms. The number of fused-ring (bicyclic) bond motifs is 1. The maximum Gasteiger partial charge on any atom is 0.220 e. The van der Waals surface area contributed by atoms with Crippen molar-refractivity contribution < 1.29 is 9.15 Å². The standard InChI is InChI=1S/C24H19NO2/c1-26-21-9-5-8-19(16-21)13-15-24-25-22-17-20(12-14-23(22)27-24)11-10-18-6-3-2-4-7-18/h2-17H,1H3/b11-10+,15-13+. The van der Waals surface area contributed by atoms with E-state index < -0.39 is 0 Å². The second kappa shape index (κ2) is 7.75. The van der Waals surface area contributed by atoms with Crippen LogP contribution in [0.2, 0.25) is 0 Å². The first-order valence-corrected chi connectivity index (χ1v) is 8.76. The average Bonchev–Trinajstić information content (AvgIpc) is 3.14. The van der Waals surface area contributed by atoms with Gasteiger partial charge in [-0.15, -0.1) is 0 Å². The summed E-state index contributed by atoms with van der Waals surface area (Å²) in [7, 11) is 1.66. The van der Waals surface area contributed by atoms with E-state index >= 15 is 0 Å². The Hall–Kier alpha value is -3.59. The van der Waals surface area contributed by atoms with E-state index in [9.17, 15) is 0 Å². The van der Waals surface area contributed by atoms with Crippen LogP contribution in [-0.4, -0.2) is 12.1 Å². The van der Waals surface area contributed by atoms with Crippen LogP contribution in [0.25, 0.3) is 35.4 Å². The molecule has 0 unspecified atom stereocenters. The van der Waals surface area contributed by atoms with Crippen LogP contribution in [0.15, 0.2) is 77.2 Å². The van der Waals surface area contributed by atoms with Crippen molar-refractivity contribution in [1.29, 1.82) is 0 Å². The van der Waals surface area contributed by atoms with Gasteiger partial charge in [0.05, 0.1) is 7.11 Å². The Bertz CT molecular complexity index is 1110. The van der Waals surface area contributed by atoms with E-state index in [1.54, 1.807) is 7.11 Å². The fourth-order valence-corrected chi connectivity index (χ4v) is 2.81. The van der Waals surface area contributed by atoms with Gasteiger partial charge >= 0.3 is 0 Å². The molecule has 0 aliphatic heterocycles. The minimum Gasteiger partial charge on any atom is -0.497 e. The highest BCUT2D eigenvalue weighted by molar-refractivity contribution is 5.81. The Kier molecular flexibility index (Phi) is 4.84. The van der Waals surface area contributed by atoms with Gasteiger partial charge in [-0.3, -0.25) is 0 Å². The molecule has 0 N–H and O–H groups in total. The van der Waals surface area contributed by atoms with Crippen molar-refractivity contribution in [3.8, 4) is 5.75 Å². The van der Waals surface area contributed by atoms with Crippen molar-refractivity contribution in [1.82, 2.24) is 4.98 Å². The first-order chi connectivity index (χ1) is 13.3. The summed E-state index contributed by atoms with van der Waals surface area (Å²) in [6.45, 7) is 0. The lowest BCUT2D eigenvalue weighted by atomic mass is 10.1. The molecule has 0 spiro atoms. The largest absolute Gasteiger partial charge is 0.497 e. The van der Waals surface area contributed by atoms with Gasteiger partial charge in [-0.05, 0) is 47.0 Å². The van der Waals surface area contributed by atoms with E-state index in [0.717, 1.165) is 28.0 Å². The normalized spacial score (nSPS) is 11.6. The van der Waals surface area contributed by atoms with Crippen molar-refractivity contribution >= 4 is 35.4 Å². The number of nitrogens with zero attached hydrogens (tertiary/aromatic N) is 1. The average molecular weight is 353 g/mol. The SMILES string of the molecule is COc1cccc(/C=C/c2nc3cc(/C=C/c4ccccc4)ccc3o2)c1. The van der Waals surface area contributed by atoms with Gasteiger partial charge < -0.3 is 9.15 Å². The molecule has 1 aromatic heterocycles. The van der Waals surface area contributed by atoms with Gasteiger partial charge in [0.25, 0.3) is 0 Å². The minimum absolute atomic E-state index is 0.581. The van der Waals surface area contributed by atoms with E-state index in [0.29, 0.717) is 5.89 Å². The first kappa shape index (κ1) is 16.9. The maximum absolute atomic E-state index is 5.81. The Morgan fingerprint density at radius 1 is 0.741 bits per heavy atom. The van der Waals surface area contributed by atoms with Crippen LogP contribution >= 0.6 is 0 Å². The highest BCUT2D eigenvalue weighted by Gasteiger charge is 2.03. The molecule has 0 bridgehead atoms. The summed E-state index contributed by atoms with van der Waals surface area (Å²) in [6, 6.07) is 24.1. The molecular formula is C24H19NO2. The topological polar surface area (TPSA) is 35.3 Å². The quantitative estimate of drug-likeness (QED) is 0.402. The van der Waals surface area contributed by atoms with Gasteiger partial charge in [-0.25, -0.2) is 4.98 Å². The molecule has 0 saturated heterocycles. The third kappa shape index (κ3) is 4.15. The van der Waals surface area contributed by atoms with Crippen molar-refractivity contribution in [2.24, 2.45) is 0 Å². The number of hydrogen-bond acceptors (Lipinski definition) is 3. The van der Waals surface area contributed by atoms with Gasteiger partial charge in [0, 0.05) is 6.08 Å². The van der Waals surface area contributed by atoms with Crippen molar-refractivity contribution in [2.45, 2.75) is 0 Å². The zero-order valence-electron chi connectivity index (χ0n) is 15.0. The highest BCUT2D eigenvalue weighted by atomic mass is 16.5. The van der Waals surface area contributed by atoms with Gasteiger partial charge in [-0.2, -0.15) is 0 Å². The summed E-state index contributed by atoms with van der Waals surface area (Å²) in [6.07, 6.45) is 8.00. The van der Waals surface area contributed by atoms with E-state index in [2.05, 4.69) is 29.3 Å². The lowest BCUT2D eigenvalue weighted by Gasteiger charge is -1.99. The van der Waals surface area contributed by atoms with Crippen LogP contribution in [0.5, 0.6) is 5.75 Å². The molecule has 4 rings (SSSR count). The smallest absolute Gasteiger partial charge is 0.220 e. The van der Waals surface area contributed by atoms with Crippen LogP contribution < -0.4 is 4.74 Å². The fourth-order valence-electron chi connectivity index (χ4n) is 2.81. The van der Waals surface area contributed by atoms with Gasteiger partial charge in [0.2, 0.25) is 5.89 Å². The number of rotatable bonds is 5. The number of methoxy groups -OCH3 is 1. The number of hydrogen-bond donors (Lipinski definition) is 0. The van der Waals surface area contributed by atoms with Crippen molar-refractivity contribution in [3.63, 3.8) is 0 Å². The monoisotopic (exact) mass is 353 g/mol. The number of benzene rings is 3. The zero-order valence-corrected chi connectivity index (χ0v) is 15.0. The summed E-state index contributed by atoms with van der Waals surface area (Å²) < 4.78 is 11.1. The molecule has 0 amide bonds. The highest BCUT2D eigenvalue weighted by Crippen LogP contribution is 2.21. The van der Waals surface area contributed by atoms with Crippen LogP contribution in [0.3, 0.4) is 0 Å². The van der Waals surface area contributed by atoms with E-state index in [1.807, 2.05) is 72.8 Å². The Labute approximate surface area is 158 Å². The van der Waals surface area contributed by atoms with Crippen molar-refractivity contribution in [2.75, 3.05) is 7.11 Å². The van der Waals surface area contributed by atoms with Crippen LogP contribution in [0.1, 0.15) is 22.6 Å².